The van der Waals surface area contributed by atoms with Gasteiger partial charge >= 0.3 is 0 Å². The first-order chi connectivity index (χ1) is 8.31. The van der Waals surface area contributed by atoms with Gasteiger partial charge in [0.25, 0.3) is 0 Å². The molecule has 1 rings (SSSR count). The van der Waals surface area contributed by atoms with Crippen LogP contribution in [0.4, 0.5) is 10.1 Å². The first-order valence-corrected chi connectivity index (χ1v) is 6.99. The van der Waals surface area contributed by atoms with Crippen LogP contribution in [-0.4, -0.2) is 26.2 Å². The molecule has 18 heavy (non-hydrogen) atoms. The Morgan fingerprint density at radius 2 is 2.11 bits per heavy atom. The van der Waals surface area contributed by atoms with Gasteiger partial charge in [-0.1, -0.05) is 6.92 Å². The summed E-state index contributed by atoms with van der Waals surface area (Å²) in [7, 11) is -3.81. The minimum absolute atomic E-state index is 0.0756. The zero-order chi connectivity index (χ0) is 13.9. The topological polar surface area (TPSA) is 92.4 Å². The summed E-state index contributed by atoms with van der Waals surface area (Å²) in [6, 6.07) is 1.58. The molecule has 0 aromatic heterocycles. The first-order valence-electron chi connectivity index (χ1n) is 5.50. The fourth-order valence-electron chi connectivity index (χ4n) is 1.49. The van der Waals surface area contributed by atoms with Crippen LogP contribution in [0.15, 0.2) is 17.0 Å². The molecule has 0 bridgehead atoms. The summed E-state index contributed by atoms with van der Waals surface area (Å²) in [6.07, 6.45) is 0.450. The quantitative estimate of drug-likeness (QED) is 0.692. The van der Waals surface area contributed by atoms with Gasteiger partial charge in [-0.15, -0.1) is 0 Å². The molecule has 7 heteroatoms. The van der Waals surface area contributed by atoms with Crippen molar-refractivity contribution < 1.29 is 17.9 Å². The SMILES string of the molecule is CC[C@@H](CO)NS(=O)(=O)c1cc(N)c(F)cc1C. The number of hydrogen-bond donors (Lipinski definition) is 3. The fourth-order valence-corrected chi connectivity index (χ4v) is 3.06. The van der Waals surface area contributed by atoms with E-state index in [0.717, 1.165) is 12.1 Å². The molecule has 4 N–H and O–H groups in total. The van der Waals surface area contributed by atoms with Crippen molar-refractivity contribution in [3.8, 4) is 0 Å². The van der Waals surface area contributed by atoms with Crippen LogP contribution in [0.5, 0.6) is 0 Å². The molecule has 0 unspecified atom stereocenters. The summed E-state index contributed by atoms with van der Waals surface area (Å²) in [5.74, 6) is -0.652. The number of rotatable bonds is 5. The van der Waals surface area contributed by atoms with Crippen LogP contribution >= 0.6 is 0 Å². The Hall–Kier alpha value is -1.18. The number of halogens is 1. The number of nitrogens with two attached hydrogens (primary N) is 1. The Morgan fingerprint density at radius 3 is 2.61 bits per heavy atom. The van der Waals surface area contributed by atoms with Crippen molar-refractivity contribution in [3.05, 3.63) is 23.5 Å². The standard InChI is InChI=1S/C11H17FN2O3S/c1-3-8(6-15)14-18(16,17)11-5-10(13)9(12)4-7(11)2/h4-5,8,14-15H,3,6,13H2,1-2H3/t8-/m0/s1. The van der Waals surface area contributed by atoms with Crippen molar-refractivity contribution in [2.24, 2.45) is 0 Å². The highest BCUT2D eigenvalue weighted by atomic mass is 32.2. The average molecular weight is 276 g/mol. The smallest absolute Gasteiger partial charge is 0.241 e. The number of aryl methyl sites for hydroxylation is 1. The molecule has 102 valence electrons. The zero-order valence-electron chi connectivity index (χ0n) is 10.3. The van der Waals surface area contributed by atoms with Gasteiger partial charge in [0.1, 0.15) is 5.82 Å². The normalized spacial score (nSPS) is 13.6. The van der Waals surface area contributed by atoms with E-state index in [1.165, 1.54) is 6.92 Å². The van der Waals surface area contributed by atoms with E-state index in [1.54, 1.807) is 6.92 Å². The van der Waals surface area contributed by atoms with Crippen LogP contribution in [0.2, 0.25) is 0 Å². The second kappa shape index (κ2) is 5.64. The highest BCUT2D eigenvalue weighted by molar-refractivity contribution is 7.89. The van der Waals surface area contributed by atoms with Gasteiger partial charge in [0.15, 0.2) is 0 Å². The molecule has 0 radical (unpaired) electrons. The van der Waals surface area contributed by atoms with Crippen molar-refractivity contribution >= 4 is 15.7 Å². The lowest BCUT2D eigenvalue weighted by Gasteiger charge is -2.16. The molecule has 0 aliphatic heterocycles. The Labute approximate surface area is 106 Å². The molecule has 0 heterocycles. The van der Waals surface area contributed by atoms with Gasteiger partial charge in [-0.2, -0.15) is 0 Å². The Morgan fingerprint density at radius 1 is 1.50 bits per heavy atom. The van der Waals surface area contributed by atoms with Crippen LogP contribution in [0.3, 0.4) is 0 Å². The lowest BCUT2D eigenvalue weighted by Crippen LogP contribution is -2.37. The maximum Gasteiger partial charge on any atom is 0.241 e. The lowest BCUT2D eigenvalue weighted by atomic mass is 10.2. The van der Waals surface area contributed by atoms with Gasteiger partial charge in [0, 0.05) is 6.04 Å². The third-order valence-corrected chi connectivity index (χ3v) is 4.28. The Balaban J connectivity index is 3.16. The van der Waals surface area contributed by atoms with E-state index in [0.29, 0.717) is 6.42 Å². The highest BCUT2D eigenvalue weighted by Crippen LogP contribution is 2.21. The third-order valence-electron chi connectivity index (χ3n) is 2.62. The maximum atomic E-state index is 13.2. The summed E-state index contributed by atoms with van der Waals surface area (Å²) >= 11 is 0. The molecule has 0 saturated carbocycles. The van der Waals surface area contributed by atoms with Gasteiger partial charge < -0.3 is 10.8 Å². The molecule has 0 spiro atoms. The van der Waals surface area contributed by atoms with E-state index in [2.05, 4.69) is 4.72 Å². The van der Waals surface area contributed by atoms with E-state index in [-0.39, 0.29) is 22.8 Å². The number of sulfonamides is 1. The number of aliphatic hydroxyl groups is 1. The van der Waals surface area contributed by atoms with Gasteiger partial charge in [0.2, 0.25) is 10.0 Å². The molecule has 1 aromatic rings. The van der Waals surface area contributed by atoms with E-state index in [1.807, 2.05) is 0 Å². The van der Waals surface area contributed by atoms with Crippen molar-refractivity contribution in [1.29, 1.82) is 0 Å². The predicted molar refractivity (Wildman–Crippen MR) is 67.0 cm³/mol. The fraction of sp³-hybridized carbons (Fsp3) is 0.455. The summed E-state index contributed by atoms with van der Waals surface area (Å²) in [5.41, 5.74) is 5.41. The largest absolute Gasteiger partial charge is 0.396 e. The number of nitrogen functional groups attached to an aromatic ring is 1. The number of benzene rings is 1. The van der Waals surface area contributed by atoms with E-state index >= 15 is 0 Å². The third kappa shape index (κ3) is 3.18. The number of nitrogens with one attached hydrogen (secondary N) is 1. The summed E-state index contributed by atoms with van der Waals surface area (Å²) in [5, 5.41) is 8.99. The Bertz CT molecular complexity index is 527. The molecular weight excluding hydrogens is 259 g/mol. The van der Waals surface area contributed by atoms with Crippen LogP contribution in [0.25, 0.3) is 0 Å². The second-order valence-electron chi connectivity index (χ2n) is 4.05. The number of aliphatic hydroxyl groups excluding tert-OH is 1. The van der Waals surface area contributed by atoms with Crippen molar-refractivity contribution in [1.82, 2.24) is 4.72 Å². The average Bonchev–Trinajstić information content (AvgIpc) is 2.30. The Kier molecular flexibility index (Phi) is 4.66. The molecule has 1 aromatic carbocycles. The highest BCUT2D eigenvalue weighted by Gasteiger charge is 2.21. The lowest BCUT2D eigenvalue weighted by molar-refractivity contribution is 0.254. The van der Waals surface area contributed by atoms with Crippen LogP contribution < -0.4 is 10.5 Å². The zero-order valence-corrected chi connectivity index (χ0v) is 11.1. The van der Waals surface area contributed by atoms with Crippen LogP contribution in [0.1, 0.15) is 18.9 Å². The molecule has 1 atom stereocenters. The van der Waals surface area contributed by atoms with Gasteiger partial charge in [-0.3, -0.25) is 0 Å². The van der Waals surface area contributed by atoms with Crippen molar-refractivity contribution in [3.63, 3.8) is 0 Å². The second-order valence-corrected chi connectivity index (χ2v) is 5.73. The number of hydrogen-bond acceptors (Lipinski definition) is 4. The molecule has 0 aliphatic rings. The maximum absolute atomic E-state index is 13.2. The van der Waals surface area contributed by atoms with E-state index in [9.17, 15) is 12.8 Å². The molecule has 0 amide bonds. The summed E-state index contributed by atoms with van der Waals surface area (Å²) in [6.45, 7) is 2.93. The van der Waals surface area contributed by atoms with E-state index < -0.39 is 21.9 Å². The monoisotopic (exact) mass is 276 g/mol. The van der Waals surface area contributed by atoms with E-state index in [4.69, 9.17) is 10.8 Å². The molecular formula is C11H17FN2O3S. The molecule has 5 nitrogen and oxygen atoms in total. The summed E-state index contributed by atoms with van der Waals surface area (Å²) in [4.78, 5) is -0.0756. The molecule has 0 aliphatic carbocycles. The summed E-state index contributed by atoms with van der Waals surface area (Å²) < 4.78 is 39.6. The van der Waals surface area contributed by atoms with Crippen LogP contribution in [-0.2, 0) is 10.0 Å². The molecule has 0 fully saturated rings. The number of anilines is 1. The van der Waals surface area contributed by atoms with Gasteiger partial charge in [-0.05, 0) is 31.0 Å². The first kappa shape index (κ1) is 14.9. The van der Waals surface area contributed by atoms with Crippen molar-refractivity contribution in [2.45, 2.75) is 31.2 Å². The van der Waals surface area contributed by atoms with Gasteiger partial charge in [0.05, 0.1) is 17.2 Å². The minimum Gasteiger partial charge on any atom is -0.396 e. The predicted octanol–water partition coefficient (Wildman–Crippen LogP) is 0.766. The van der Waals surface area contributed by atoms with Crippen LogP contribution in [0, 0.1) is 12.7 Å². The minimum atomic E-state index is -3.81. The van der Waals surface area contributed by atoms with Gasteiger partial charge in [-0.25, -0.2) is 17.5 Å². The molecule has 0 saturated heterocycles. The van der Waals surface area contributed by atoms with Crippen molar-refractivity contribution in [2.75, 3.05) is 12.3 Å².